The fourth-order valence-electron chi connectivity index (χ4n) is 2.95. The number of piperidine rings is 1. The van der Waals surface area contributed by atoms with Crippen LogP contribution < -0.4 is 4.74 Å². The minimum atomic E-state index is -0.481. The van der Waals surface area contributed by atoms with E-state index in [4.69, 9.17) is 21.1 Å². The lowest BCUT2D eigenvalue weighted by Crippen LogP contribution is -2.40. The highest BCUT2D eigenvalue weighted by atomic mass is 35.5. The van der Waals surface area contributed by atoms with Crippen molar-refractivity contribution < 1.29 is 13.9 Å². The smallest absolute Gasteiger partial charge is 0.293 e. The zero-order valence-electron chi connectivity index (χ0n) is 12.1. The van der Waals surface area contributed by atoms with Gasteiger partial charge >= 0.3 is 0 Å². The molecule has 2 atom stereocenters. The van der Waals surface area contributed by atoms with Crippen LogP contribution in [0.4, 0.5) is 10.1 Å². The van der Waals surface area contributed by atoms with E-state index in [9.17, 15) is 4.39 Å². The number of hydrogen-bond donors (Lipinski definition) is 0. The quantitative estimate of drug-likeness (QED) is 0.834. The molecule has 3 rings (SSSR count). The highest BCUT2D eigenvalue weighted by Gasteiger charge is 2.38. The van der Waals surface area contributed by atoms with Crippen LogP contribution in [0, 0.1) is 5.82 Å². The Morgan fingerprint density at radius 2 is 2.24 bits per heavy atom. The summed E-state index contributed by atoms with van der Waals surface area (Å²) >= 11 is 5.90. The number of benzene rings is 1. The molecular formula is C15H18ClFN2O2. The van der Waals surface area contributed by atoms with Gasteiger partial charge in [-0.1, -0.05) is 11.6 Å². The van der Waals surface area contributed by atoms with Crippen LogP contribution in [0.5, 0.6) is 5.75 Å². The Morgan fingerprint density at radius 1 is 1.43 bits per heavy atom. The van der Waals surface area contributed by atoms with Gasteiger partial charge in [0.2, 0.25) is 0 Å². The first-order valence-corrected chi connectivity index (χ1v) is 7.53. The summed E-state index contributed by atoms with van der Waals surface area (Å²) < 4.78 is 24.9. The van der Waals surface area contributed by atoms with Crippen molar-refractivity contribution in [1.82, 2.24) is 4.90 Å². The lowest BCUT2D eigenvalue weighted by atomic mass is 10.0. The highest BCUT2D eigenvalue weighted by molar-refractivity contribution is 6.32. The summed E-state index contributed by atoms with van der Waals surface area (Å²) in [6, 6.07) is 3.55. The van der Waals surface area contributed by atoms with Gasteiger partial charge in [-0.3, -0.25) is 0 Å². The fourth-order valence-corrected chi connectivity index (χ4v) is 3.18. The van der Waals surface area contributed by atoms with Gasteiger partial charge in [0.1, 0.15) is 17.5 Å². The molecule has 0 aromatic heterocycles. The van der Waals surface area contributed by atoms with E-state index in [1.807, 2.05) is 6.92 Å². The van der Waals surface area contributed by atoms with E-state index >= 15 is 0 Å². The number of hydrogen-bond acceptors (Lipinski definition) is 3. The molecule has 0 bridgehead atoms. The fraction of sp³-hybridized carbons (Fsp3) is 0.533. The summed E-state index contributed by atoms with van der Waals surface area (Å²) in [6.07, 6.45) is 3.48. The van der Waals surface area contributed by atoms with Gasteiger partial charge in [-0.2, -0.15) is 4.99 Å². The Balaban J connectivity index is 1.94. The molecule has 0 radical (unpaired) electrons. The van der Waals surface area contributed by atoms with Crippen LogP contribution in [-0.4, -0.2) is 36.7 Å². The molecule has 2 heterocycles. The standard InChI is InChI=1S/C15H18ClFN2O2/c1-9-13-5-3-4-6-19(13)15(21-9)18-12-8-14(20-2)10(16)7-11(12)17/h7-9,13H,3-6H2,1-2H3. The maximum atomic E-state index is 14.0. The van der Waals surface area contributed by atoms with Gasteiger partial charge in [0.05, 0.1) is 18.2 Å². The number of halogens is 2. The van der Waals surface area contributed by atoms with Gasteiger partial charge in [-0.25, -0.2) is 4.39 Å². The van der Waals surface area contributed by atoms with Gasteiger partial charge in [0.15, 0.2) is 5.82 Å². The van der Waals surface area contributed by atoms with Crippen molar-refractivity contribution in [1.29, 1.82) is 0 Å². The van der Waals surface area contributed by atoms with Crippen LogP contribution in [-0.2, 0) is 4.74 Å². The van der Waals surface area contributed by atoms with Gasteiger partial charge in [0.25, 0.3) is 6.02 Å². The Hall–Kier alpha value is -1.49. The first-order valence-electron chi connectivity index (χ1n) is 7.15. The van der Waals surface area contributed by atoms with Gasteiger partial charge in [-0.05, 0) is 32.3 Å². The summed E-state index contributed by atoms with van der Waals surface area (Å²) in [4.78, 5) is 6.48. The number of methoxy groups -OCH3 is 1. The Labute approximate surface area is 128 Å². The molecule has 0 N–H and O–H groups in total. The van der Waals surface area contributed by atoms with Crippen LogP contribution in [0.1, 0.15) is 26.2 Å². The average Bonchev–Trinajstić information content (AvgIpc) is 2.79. The predicted octanol–water partition coefficient (Wildman–Crippen LogP) is 3.75. The number of aliphatic imine (C=N–C) groups is 1. The van der Waals surface area contributed by atoms with E-state index < -0.39 is 5.82 Å². The number of rotatable bonds is 2. The van der Waals surface area contributed by atoms with Crippen molar-refractivity contribution in [3.05, 3.63) is 23.0 Å². The topological polar surface area (TPSA) is 34.1 Å². The van der Waals surface area contributed by atoms with Crippen molar-refractivity contribution in [3.63, 3.8) is 0 Å². The lowest BCUT2D eigenvalue weighted by Gasteiger charge is -2.29. The monoisotopic (exact) mass is 312 g/mol. The van der Waals surface area contributed by atoms with Gasteiger partial charge in [0, 0.05) is 12.6 Å². The zero-order chi connectivity index (χ0) is 15.0. The molecular weight excluding hydrogens is 295 g/mol. The van der Waals surface area contributed by atoms with Crippen LogP contribution in [0.2, 0.25) is 5.02 Å². The summed E-state index contributed by atoms with van der Waals surface area (Å²) in [7, 11) is 1.49. The van der Waals surface area contributed by atoms with Crippen molar-refractivity contribution in [3.8, 4) is 5.75 Å². The SMILES string of the molecule is COc1cc(N=C2OC(C)C3CCCCN23)c(F)cc1Cl. The molecule has 0 amide bonds. The summed E-state index contributed by atoms with van der Waals surface area (Å²) in [5.74, 6) is -0.0799. The molecule has 2 unspecified atom stereocenters. The van der Waals surface area contributed by atoms with Crippen LogP contribution in [0.25, 0.3) is 0 Å². The second kappa shape index (κ2) is 5.72. The minimum Gasteiger partial charge on any atom is -0.495 e. The largest absolute Gasteiger partial charge is 0.495 e. The van der Waals surface area contributed by atoms with Crippen molar-refractivity contribution in [2.24, 2.45) is 4.99 Å². The summed E-state index contributed by atoms with van der Waals surface area (Å²) in [5, 5.41) is 0.232. The molecule has 0 aliphatic carbocycles. The normalized spacial score (nSPS) is 26.7. The maximum absolute atomic E-state index is 14.0. The van der Waals surface area contributed by atoms with E-state index in [2.05, 4.69) is 9.89 Å². The van der Waals surface area contributed by atoms with E-state index in [1.165, 1.54) is 25.7 Å². The predicted molar refractivity (Wildman–Crippen MR) is 79.9 cm³/mol. The third kappa shape index (κ3) is 2.67. The van der Waals surface area contributed by atoms with Gasteiger partial charge < -0.3 is 14.4 Å². The lowest BCUT2D eigenvalue weighted by molar-refractivity contribution is 0.182. The molecule has 21 heavy (non-hydrogen) atoms. The van der Waals surface area contributed by atoms with Crippen molar-refractivity contribution in [2.75, 3.05) is 13.7 Å². The molecule has 6 heteroatoms. The average molecular weight is 313 g/mol. The van der Waals surface area contributed by atoms with Crippen molar-refractivity contribution in [2.45, 2.75) is 38.3 Å². The molecule has 4 nitrogen and oxygen atoms in total. The molecule has 1 aromatic carbocycles. The van der Waals surface area contributed by atoms with E-state index in [1.54, 1.807) is 0 Å². The molecule has 2 fully saturated rings. The summed E-state index contributed by atoms with van der Waals surface area (Å²) in [6.45, 7) is 2.94. The number of ether oxygens (including phenoxy) is 2. The van der Waals surface area contributed by atoms with Crippen LogP contribution in [0.3, 0.4) is 0 Å². The molecule has 1 aromatic rings. The van der Waals surface area contributed by atoms with Gasteiger partial charge in [-0.15, -0.1) is 0 Å². The second-order valence-electron chi connectivity index (χ2n) is 5.41. The third-order valence-corrected chi connectivity index (χ3v) is 4.36. The molecule has 2 aliphatic heterocycles. The third-order valence-electron chi connectivity index (χ3n) is 4.07. The Bertz CT molecular complexity index is 579. The molecule has 2 aliphatic rings. The minimum absolute atomic E-state index is 0.0845. The summed E-state index contributed by atoms with van der Waals surface area (Å²) in [5.41, 5.74) is 0.185. The second-order valence-corrected chi connectivity index (χ2v) is 5.82. The molecule has 0 saturated carbocycles. The first kappa shape index (κ1) is 14.4. The number of fused-ring (bicyclic) bond motifs is 1. The van der Waals surface area contributed by atoms with E-state index in [0.29, 0.717) is 17.8 Å². The number of nitrogens with zero attached hydrogens (tertiary/aromatic N) is 2. The highest BCUT2D eigenvalue weighted by Crippen LogP contribution is 2.34. The number of amidine groups is 1. The molecule has 2 saturated heterocycles. The molecule has 114 valence electrons. The zero-order valence-corrected chi connectivity index (χ0v) is 12.9. The van der Waals surface area contributed by atoms with E-state index in [0.717, 1.165) is 19.4 Å². The van der Waals surface area contributed by atoms with Crippen molar-refractivity contribution >= 4 is 23.3 Å². The maximum Gasteiger partial charge on any atom is 0.293 e. The van der Waals surface area contributed by atoms with E-state index in [-0.39, 0.29) is 16.8 Å². The van der Waals surface area contributed by atoms with Crippen LogP contribution in [0.15, 0.2) is 17.1 Å². The Kier molecular flexibility index (Phi) is 3.93. The Morgan fingerprint density at radius 3 is 3.00 bits per heavy atom. The molecule has 0 spiro atoms. The first-order chi connectivity index (χ1) is 10.1. The van der Waals surface area contributed by atoms with Crippen LogP contribution >= 0.6 is 11.6 Å².